The second-order valence-electron chi connectivity index (χ2n) is 6.74. The van der Waals surface area contributed by atoms with E-state index in [9.17, 15) is 9.59 Å². The monoisotopic (exact) mass is 458 g/mol. The SMILES string of the molecule is Nc1c(C(=O)NNC(=S)NC(=O)/C=C/c2ccccc2)nnc2cc(-c3ccccc3)nn12. The Balaban J connectivity index is 1.38. The molecule has 2 amide bonds. The Morgan fingerprint density at radius 2 is 1.67 bits per heavy atom. The fraction of sp³-hybridized carbons (Fsp3) is 0. The van der Waals surface area contributed by atoms with E-state index in [-0.39, 0.29) is 16.6 Å². The summed E-state index contributed by atoms with van der Waals surface area (Å²) < 4.78 is 1.33. The van der Waals surface area contributed by atoms with Crippen LogP contribution in [0.15, 0.2) is 72.8 Å². The van der Waals surface area contributed by atoms with Gasteiger partial charge in [-0.2, -0.15) is 9.61 Å². The highest BCUT2D eigenvalue weighted by atomic mass is 32.1. The van der Waals surface area contributed by atoms with Crippen molar-refractivity contribution in [1.29, 1.82) is 0 Å². The lowest BCUT2D eigenvalue weighted by molar-refractivity contribution is -0.115. The first-order valence-corrected chi connectivity index (χ1v) is 10.1. The van der Waals surface area contributed by atoms with Crippen LogP contribution in [0.3, 0.4) is 0 Å². The van der Waals surface area contributed by atoms with Gasteiger partial charge in [-0.3, -0.25) is 25.8 Å². The number of aromatic nitrogens is 4. The molecule has 5 N–H and O–H groups in total. The lowest BCUT2D eigenvalue weighted by atomic mass is 10.2. The predicted octanol–water partition coefficient (Wildman–Crippen LogP) is 1.72. The average Bonchev–Trinajstić information content (AvgIpc) is 3.28. The van der Waals surface area contributed by atoms with E-state index in [0.29, 0.717) is 11.3 Å². The highest BCUT2D eigenvalue weighted by molar-refractivity contribution is 7.80. The number of nitrogens with one attached hydrogen (secondary N) is 3. The lowest BCUT2D eigenvalue weighted by Crippen LogP contribution is -2.48. The zero-order chi connectivity index (χ0) is 23.2. The van der Waals surface area contributed by atoms with Crippen LogP contribution in [0, 0.1) is 0 Å². The molecule has 0 aliphatic carbocycles. The molecule has 164 valence electrons. The molecule has 0 atom stereocenters. The van der Waals surface area contributed by atoms with Crippen molar-refractivity contribution in [2.24, 2.45) is 0 Å². The third-order valence-corrected chi connectivity index (χ3v) is 4.66. The minimum atomic E-state index is -0.699. The molecule has 0 unspecified atom stereocenters. The Labute approximate surface area is 193 Å². The van der Waals surface area contributed by atoms with Crippen molar-refractivity contribution in [3.63, 3.8) is 0 Å². The quantitative estimate of drug-likeness (QED) is 0.206. The van der Waals surface area contributed by atoms with E-state index in [1.807, 2.05) is 60.7 Å². The molecular formula is C22H18N8O2S. The highest BCUT2D eigenvalue weighted by Crippen LogP contribution is 2.20. The Hall–Kier alpha value is -4.64. The van der Waals surface area contributed by atoms with Gasteiger partial charge in [-0.15, -0.1) is 10.2 Å². The zero-order valence-electron chi connectivity index (χ0n) is 17.1. The van der Waals surface area contributed by atoms with Gasteiger partial charge in [0.2, 0.25) is 5.91 Å². The predicted molar refractivity (Wildman–Crippen MR) is 127 cm³/mol. The minimum Gasteiger partial charge on any atom is -0.382 e. The van der Waals surface area contributed by atoms with E-state index in [0.717, 1.165) is 11.1 Å². The number of hydrogen-bond donors (Lipinski definition) is 4. The van der Waals surface area contributed by atoms with Crippen molar-refractivity contribution in [3.05, 3.63) is 84.1 Å². The Morgan fingerprint density at radius 1 is 0.970 bits per heavy atom. The third-order valence-electron chi connectivity index (χ3n) is 4.45. The van der Waals surface area contributed by atoms with Crippen LogP contribution in [0.25, 0.3) is 23.0 Å². The fourth-order valence-electron chi connectivity index (χ4n) is 2.88. The molecular weight excluding hydrogens is 440 g/mol. The summed E-state index contributed by atoms with van der Waals surface area (Å²) in [5.41, 5.74) is 13.5. The smallest absolute Gasteiger partial charge is 0.294 e. The summed E-state index contributed by atoms with van der Waals surface area (Å²) in [4.78, 5) is 24.5. The van der Waals surface area contributed by atoms with Gasteiger partial charge in [-0.05, 0) is 23.9 Å². The molecule has 4 rings (SSSR count). The second kappa shape index (κ2) is 9.66. The number of amides is 2. The third kappa shape index (κ3) is 5.17. The van der Waals surface area contributed by atoms with Crippen molar-refractivity contribution < 1.29 is 9.59 Å². The molecule has 2 aromatic heterocycles. The number of fused-ring (bicyclic) bond motifs is 1. The van der Waals surface area contributed by atoms with Gasteiger partial charge in [0, 0.05) is 17.7 Å². The van der Waals surface area contributed by atoms with E-state index in [4.69, 9.17) is 18.0 Å². The van der Waals surface area contributed by atoms with Gasteiger partial charge < -0.3 is 5.73 Å². The Kier molecular flexibility index (Phi) is 6.32. The summed E-state index contributed by atoms with van der Waals surface area (Å²) in [5.74, 6) is -1.16. The zero-order valence-corrected chi connectivity index (χ0v) is 17.9. The summed E-state index contributed by atoms with van der Waals surface area (Å²) in [6, 6.07) is 20.5. The summed E-state index contributed by atoms with van der Waals surface area (Å²) in [6.45, 7) is 0. The molecule has 0 aliphatic rings. The van der Waals surface area contributed by atoms with Crippen LogP contribution in [0.2, 0.25) is 0 Å². The van der Waals surface area contributed by atoms with Gasteiger partial charge in [0.05, 0.1) is 5.69 Å². The average molecular weight is 459 g/mol. The standard InChI is InChI=1S/C22H18N8O2S/c23-20-19(26-25-17-13-16(29-30(17)20)15-9-5-2-6-10-15)21(32)27-28-22(33)24-18(31)12-11-14-7-3-1-4-8-14/h1-13H,23H2,(H,27,32)(H2,24,28,31,33)/b12-11+. The lowest BCUT2D eigenvalue weighted by Gasteiger charge is -2.10. The highest BCUT2D eigenvalue weighted by Gasteiger charge is 2.18. The number of thiocarbonyl (C=S) groups is 1. The molecule has 4 aromatic rings. The molecule has 0 spiro atoms. The molecule has 33 heavy (non-hydrogen) atoms. The number of carbonyl (C=O) groups is 2. The summed E-state index contributed by atoms with van der Waals surface area (Å²) in [6.07, 6.45) is 2.96. The van der Waals surface area contributed by atoms with Crippen molar-refractivity contribution in [2.75, 3.05) is 5.73 Å². The van der Waals surface area contributed by atoms with Crippen LogP contribution < -0.4 is 21.9 Å². The topological polar surface area (TPSA) is 139 Å². The summed E-state index contributed by atoms with van der Waals surface area (Å²) in [7, 11) is 0. The van der Waals surface area contributed by atoms with Crippen LogP contribution in [0.5, 0.6) is 0 Å². The van der Waals surface area contributed by atoms with E-state index < -0.39 is 11.8 Å². The first kappa shape index (κ1) is 21.6. The summed E-state index contributed by atoms with van der Waals surface area (Å²) in [5, 5.41) is 14.6. The molecule has 0 fully saturated rings. The molecule has 0 radical (unpaired) electrons. The fourth-order valence-corrected chi connectivity index (χ4v) is 3.03. The number of carbonyl (C=O) groups excluding carboxylic acids is 2. The minimum absolute atomic E-state index is 0.00206. The number of hydrazine groups is 1. The normalized spacial score (nSPS) is 10.8. The van der Waals surface area contributed by atoms with Crippen molar-refractivity contribution in [3.8, 4) is 11.3 Å². The van der Waals surface area contributed by atoms with Crippen molar-refractivity contribution in [1.82, 2.24) is 36.0 Å². The van der Waals surface area contributed by atoms with Gasteiger partial charge in [-0.1, -0.05) is 60.7 Å². The molecule has 0 aliphatic heterocycles. The van der Waals surface area contributed by atoms with Crippen LogP contribution in [-0.2, 0) is 4.79 Å². The van der Waals surface area contributed by atoms with Crippen molar-refractivity contribution >= 4 is 46.7 Å². The van der Waals surface area contributed by atoms with E-state index in [1.165, 1.54) is 10.6 Å². The van der Waals surface area contributed by atoms with Gasteiger partial charge in [0.1, 0.15) is 0 Å². The maximum Gasteiger partial charge on any atom is 0.294 e. The number of nitrogens with two attached hydrogens (primary N) is 1. The van der Waals surface area contributed by atoms with E-state index in [2.05, 4.69) is 31.5 Å². The van der Waals surface area contributed by atoms with E-state index >= 15 is 0 Å². The number of benzene rings is 2. The Bertz CT molecular complexity index is 1350. The van der Waals surface area contributed by atoms with Gasteiger partial charge in [0.15, 0.2) is 22.3 Å². The second-order valence-corrected chi connectivity index (χ2v) is 7.15. The first-order valence-electron chi connectivity index (χ1n) is 9.73. The van der Waals surface area contributed by atoms with Gasteiger partial charge in [-0.25, -0.2) is 0 Å². The molecule has 10 nitrogen and oxygen atoms in total. The molecule has 0 saturated carbocycles. The molecule has 2 heterocycles. The van der Waals surface area contributed by atoms with E-state index in [1.54, 1.807) is 12.1 Å². The Morgan fingerprint density at radius 3 is 2.39 bits per heavy atom. The van der Waals surface area contributed by atoms with Crippen LogP contribution in [0.4, 0.5) is 5.82 Å². The molecule has 0 saturated heterocycles. The maximum absolute atomic E-state index is 12.5. The van der Waals surface area contributed by atoms with Crippen molar-refractivity contribution in [2.45, 2.75) is 0 Å². The largest absolute Gasteiger partial charge is 0.382 e. The molecule has 2 aromatic carbocycles. The number of anilines is 1. The van der Waals surface area contributed by atoms with Crippen LogP contribution >= 0.6 is 12.2 Å². The molecule has 11 heteroatoms. The number of nitrogen functional groups attached to an aromatic ring is 1. The first-order chi connectivity index (χ1) is 16.0. The number of hydrogen-bond acceptors (Lipinski definition) is 7. The summed E-state index contributed by atoms with van der Waals surface area (Å²) >= 11 is 5.02. The molecule has 0 bridgehead atoms. The maximum atomic E-state index is 12.5. The van der Waals surface area contributed by atoms with Crippen LogP contribution in [-0.4, -0.2) is 36.7 Å². The van der Waals surface area contributed by atoms with Gasteiger partial charge >= 0.3 is 0 Å². The number of nitrogens with zero attached hydrogens (tertiary/aromatic N) is 4. The van der Waals surface area contributed by atoms with Crippen LogP contribution in [0.1, 0.15) is 16.1 Å². The number of rotatable bonds is 4. The van der Waals surface area contributed by atoms with Gasteiger partial charge in [0.25, 0.3) is 5.91 Å².